The molecule has 3 heterocycles. The molecule has 10 nitrogen and oxygen atoms in total. The van der Waals surface area contributed by atoms with E-state index < -0.39 is 0 Å². The number of hydrogen-bond acceptors (Lipinski definition) is 11. The molecule has 0 bridgehead atoms. The van der Waals surface area contributed by atoms with Gasteiger partial charge in [-0.05, 0) is 53.7 Å². The Morgan fingerprint density at radius 3 is 2.54 bits per heavy atom. The largest absolute Gasteiger partial charge is 0.494 e. The van der Waals surface area contributed by atoms with Crippen LogP contribution in [-0.4, -0.2) is 78.5 Å². The Morgan fingerprint density at radius 2 is 1.79 bits per heavy atom. The third-order valence-electron chi connectivity index (χ3n) is 6.81. The zero-order valence-corrected chi connectivity index (χ0v) is 25.1. The number of anilines is 6. The lowest BCUT2D eigenvalue weighted by molar-refractivity contribution is 0.312. The molecule has 0 amide bonds. The molecule has 0 spiro atoms. The van der Waals surface area contributed by atoms with E-state index in [2.05, 4.69) is 81.7 Å². The van der Waals surface area contributed by atoms with Crippen molar-refractivity contribution >= 4 is 73.4 Å². The van der Waals surface area contributed by atoms with Crippen molar-refractivity contribution in [2.24, 2.45) is 0 Å². The van der Waals surface area contributed by atoms with Crippen molar-refractivity contribution in [1.29, 1.82) is 0 Å². The van der Waals surface area contributed by atoms with Crippen LogP contribution in [0.15, 0.2) is 47.3 Å². The zero-order valence-electron chi connectivity index (χ0n) is 22.7. The van der Waals surface area contributed by atoms with Gasteiger partial charge in [0.25, 0.3) is 0 Å². The molecule has 2 N–H and O–H groups in total. The lowest BCUT2D eigenvalue weighted by atomic mass is 10.1. The number of ether oxygens (including phenoxy) is 1. The number of fused-ring (bicyclic) bond motifs is 1. The molecule has 2 aromatic carbocycles. The van der Waals surface area contributed by atoms with Crippen molar-refractivity contribution in [2.75, 3.05) is 73.5 Å². The molecule has 12 heteroatoms. The van der Waals surface area contributed by atoms with Gasteiger partial charge >= 0.3 is 0 Å². The fraction of sp³-hybridized carbons (Fsp3) is 0.333. The van der Waals surface area contributed by atoms with Crippen LogP contribution in [0.3, 0.4) is 0 Å². The fourth-order valence-corrected chi connectivity index (χ4v) is 5.29. The molecule has 0 unspecified atom stereocenters. The van der Waals surface area contributed by atoms with Gasteiger partial charge < -0.3 is 29.5 Å². The number of halogens is 1. The monoisotopic (exact) mass is 609 g/mol. The van der Waals surface area contributed by atoms with Gasteiger partial charge in [0.2, 0.25) is 5.95 Å². The lowest BCUT2D eigenvalue weighted by Gasteiger charge is -2.35. The highest BCUT2D eigenvalue weighted by Crippen LogP contribution is 2.38. The van der Waals surface area contributed by atoms with Crippen LogP contribution in [0, 0.1) is 6.92 Å². The number of nitrogens with one attached hydrogen (secondary N) is 2. The number of aryl methyl sites for hydroxylation is 1. The van der Waals surface area contributed by atoms with Gasteiger partial charge in [-0.3, -0.25) is 9.97 Å². The van der Waals surface area contributed by atoms with Gasteiger partial charge in [0.15, 0.2) is 0 Å². The normalized spacial score (nSPS) is 13.9. The molecule has 0 radical (unpaired) electrons. The van der Waals surface area contributed by atoms with Crippen LogP contribution in [0.1, 0.15) is 5.56 Å². The Morgan fingerprint density at radius 1 is 1.03 bits per heavy atom. The van der Waals surface area contributed by atoms with Crippen LogP contribution in [0.4, 0.5) is 34.5 Å². The smallest absolute Gasteiger partial charge is 0.229 e. The topological polar surface area (TPSA) is 94.6 Å². The van der Waals surface area contributed by atoms with Crippen molar-refractivity contribution in [3.8, 4) is 5.75 Å². The zero-order chi connectivity index (χ0) is 27.5. The van der Waals surface area contributed by atoms with E-state index in [4.69, 9.17) is 9.72 Å². The molecule has 5 rings (SSSR count). The van der Waals surface area contributed by atoms with E-state index in [9.17, 15) is 0 Å². The highest BCUT2D eigenvalue weighted by molar-refractivity contribution is 9.10. The van der Waals surface area contributed by atoms with Gasteiger partial charge in [-0.1, -0.05) is 11.9 Å². The summed E-state index contributed by atoms with van der Waals surface area (Å²) in [7, 11) is 5.85. The molecular formula is C27H32BrN9OS. The summed E-state index contributed by atoms with van der Waals surface area (Å²) in [4.78, 5) is 23.1. The molecule has 39 heavy (non-hydrogen) atoms. The minimum atomic E-state index is 0.450. The first kappa shape index (κ1) is 27.2. The summed E-state index contributed by atoms with van der Waals surface area (Å²) < 4.78 is 8.56. The fourth-order valence-electron chi connectivity index (χ4n) is 4.63. The Balaban J connectivity index is 1.44. The van der Waals surface area contributed by atoms with E-state index in [1.165, 1.54) is 11.3 Å². The molecule has 4 aromatic rings. The van der Waals surface area contributed by atoms with Gasteiger partial charge in [0.05, 0.1) is 34.2 Å². The summed E-state index contributed by atoms with van der Waals surface area (Å²) in [5.74, 6) is 1.81. The number of piperazine rings is 1. The van der Waals surface area contributed by atoms with Crippen molar-refractivity contribution in [3.05, 3.63) is 52.9 Å². The maximum Gasteiger partial charge on any atom is 0.229 e. The molecule has 1 fully saturated rings. The second-order valence-corrected chi connectivity index (χ2v) is 11.1. The van der Waals surface area contributed by atoms with Crippen molar-refractivity contribution in [1.82, 2.24) is 24.8 Å². The Bertz CT molecular complexity index is 1480. The summed E-state index contributed by atoms with van der Waals surface area (Å²) >= 11 is 5.20. The van der Waals surface area contributed by atoms with E-state index >= 15 is 0 Å². The molecular weight excluding hydrogens is 578 g/mol. The van der Waals surface area contributed by atoms with Gasteiger partial charge in [-0.15, -0.1) is 0 Å². The van der Waals surface area contributed by atoms with Crippen LogP contribution in [-0.2, 0) is 0 Å². The highest BCUT2D eigenvalue weighted by atomic mass is 79.9. The van der Waals surface area contributed by atoms with Gasteiger partial charge in [-0.2, -0.15) is 4.98 Å². The van der Waals surface area contributed by atoms with E-state index in [-0.39, 0.29) is 0 Å². The van der Waals surface area contributed by atoms with E-state index in [1.54, 1.807) is 37.6 Å². The van der Waals surface area contributed by atoms with Gasteiger partial charge in [-0.25, -0.2) is 4.98 Å². The van der Waals surface area contributed by atoms with Crippen LogP contribution in [0.2, 0.25) is 0 Å². The Kier molecular flexibility index (Phi) is 8.24. The summed E-state index contributed by atoms with van der Waals surface area (Å²) in [6.45, 7) is 6.20. The third-order valence-corrected chi connectivity index (χ3v) is 8.12. The van der Waals surface area contributed by atoms with Crippen LogP contribution >= 0.6 is 27.9 Å². The molecule has 0 saturated carbocycles. The van der Waals surface area contributed by atoms with E-state index in [1.807, 2.05) is 25.4 Å². The molecule has 1 saturated heterocycles. The highest BCUT2D eigenvalue weighted by Gasteiger charge is 2.20. The SMILES string of the molecule is COc1cc(N2CCN(C)CC2)c(C)cc1Nc1ncc(Br)c(Nc2ccc3nccnc3c2N(C)SC)n1. The number of nitrogens with zero attached hydrogens (tertiary/aromatic N) is 7. The minimum Gasteiger partial charge on any atom is -0.494 e. The Labute approximate surface area is 241 Å². The average Bonchev–Trinajstić information content (AvgIpc) is 2.95. The second kappa shape index (κ2) is 11.8. The molecule has 204 valence electrons. The number of likely N-dealkylation sites (N-methyl/N-ethyl adjacent to an activating group) is 1. The van der Waals surface area contributed by atoms with Crippen molar-refractivity contribution in [3.63, 3.8) is 0 Å². The quantitative estimate of drug-likeness (QED) is 0.250. The first-order valence-corrected chi connectivity index (χ1v) is 14.6. The van der Waals surface area contributed by atoms with E-state index in [0.29, 0.717) is 11.8 Å². The first-order chi connectivity index (χ1) is 18.9. The van der Waals surface area contributed by atoms with Crippen LogP contribution in [0.25, 0.3) is 11.0 Å². The third kappa shape index (κ3) is 5.82. The summed E-state index contributed by atoms with van der Waals surface area (Å²) in [5, 5.41) is 6.83. The second-order valence-electron chi connectivity index (χ2n) is 9.34. The van der Waals surface area contributed by atoms with Crippen molar-refractivity contribution < 1.29 is 4.74 Å². The summed E-state index contributed by atoms with van der Waals surface area (Å²) in [5.41, 5.74) is 6.58. The number of rotatable bonds is 8. The lowest BCUT2D eigenvalue weighted by Crippen LogP contribution is -2.44. The predicted molar refractivity (Wildman–Crippen MR) is 165 cm³/mol. The molecule has 0 aliphatic carbocycles. The predicted octanol–water partition coefficient (Wildman–Crippen LogP) is 5.45. The standard InChI is InChI=1S/C27H32BrN9OS/c1-17-14-21(23(38-4)15-22(17)37-12-10-35(2)11-13-37)33-27-31-16-18(28)26(34-27)32-20-7-6-19-24(30-9-8-29-19)25(20)36(3)39-5/h6-9,14-16H,10-13H2,1-5H3,(H2,31,32,33,34). The number of benzene rings is 2. The average molecular weight is 611 g/mol. The first-order valence-electron chi connectivity index (χ1n) is 12.6. The summed E-state index contributed by atoms with van der Waals surface area (Å²) in [6, 6.07) is 8.14. The van der Waals surface area contributed by atoms with Crippen LogP contribution < -0.4 is 24.6 Å². The maximum absolute atomic E-state index is 5.77. The van der Waals surface area contributed by atoms with Gasteiger partial charge in [0.1, 0.15) is 17.1 Å². The Hall–Kier alpha value is -3.35. The maximum atomic E-state index is 5.77. The van der Waals surface area contributed by atoms with E-state index in [0.717, 1.165) is 64.5 Å². The molecule has 1 aliphatic rings. The number of aromatic nitrogens is 4. The number of hydrogen-bond donors (Lipinski definition) is 2. The molecule has 1 aliphatic heterocycles. The minimum absolute atomic E-state index is 0.450. The van der Waals surface area contributed by atoms with Crippen LogP contribution in [0.5, 0.6) is 5.75 Å². The molecule has 0 atom stereocenters. The van der Waals surface area contributed by atoms with Gasteiger partial charge in [0, 0.05) is 69.8 Å². The summed E-state index contributed by atoms with van der Waals surface area (Å²) in [6.07, 6.45) is 7.15. The number of methoxy groups -OCH3 is 1. The van der Waals surface area contributed by atoms with Crippen molar-refractivity contribution in [2.45, 2.75) is 6.92 Å². The molecule has 2 aromatic heterocycles.